The molecule has 0 spiro atoms. The van der Waals surface area contributed by atoms with Crippen LogP contribution in [-0.4, -0.2) is 116 Å². The number of aliphatic hydroxyl groups is 2. The van der Waals surface area contributed by atoms with Crippen LogP contribution in [0.25, 0.3) is 0 Å². The molecule has 0 aromatic heterocycles. The van der Waals surface area contributed by atoms with Crippen molar-refractivity contribution in [3.63, 3.8) is 0 Å². The predicted octanol–water partition coefficient (Wildman–Crippen LogP) is 7.48. The number of carbonyl (C=O) groups excluding carboxylic acids is 1. The Hall–Kier alpha value is -4.60. The Bertz CT molecular complexity index is 1950. The summed E-state index contributed by atoms with van der Waals surface area (Å²) in [6.45, 7) is 12.9. The highest BCUT2D eigenvalue weighted by molar-refractivity contribution is 6.03. The summed E-state index contributed by atoms with van der Waals surface area (Å²) >= 11 is 0. The van der Waals surface area contributed by atoms with Crippen molar-refractivity contribution >= 4 is 11.8 Å². The van der Waals surface area contributed by atoms with E-state index in [9.17, 15) is 15.0 Å². The second kappa shape index (κ2) is 21.4. The van der Waals surface area contributed by atoms with Crippen molar-refractivity contribution in [2.45, 2.75) is 101 Å². The molecule has 2 aliphatic carbocycles. The summed E-state index contributed by atoms with van der Waals surface area (Å²) in [4.78, 5) is 25.2. The first kappa shape index (κ1) is 45.0. The van der Waals surface area contributed by atoms with Gasteiger partial charge >= 0.3 is 6.09 Å². The van der Waals surface area contributed by atoms with Crippen LogP contribution in [0.15, 0.2) is 78.5 Å². The zero-order valence-electron chi connectivity index (χ0n) is 36.5. The lowest BCUT2D eigenvalue weighted by molar-refractivity contribution is -0.256. The van der Waals surface area contributed by atoms with E-state index in [0.29, 0.717) is 55.4 Å². The number of unbranched alkanes of at least 4 members (excludes halogenated alkanes) is 2. The average Bonchev–Trinajstić information content (AvgIpc) is 4.01. The number of amides is 1. The van der Waals surface area contributed by atoms with Gasteiger partial charge in [0.2, 0.25) is 18.9 Å². The summed E-state index contributed by atoms with van der Waals surface area (Å²) in [5.41, 5.74) is 3.44. The third kappa shape index (κ3) is 10.4. The van der Waals surface area contributed by atoms with Crippen LogP contribution in [0.3, 0.4) is 0 Å². The van der Waals surface area contributed by atoms with Crippen molar-refractivity contribution in [3.05, 3.63) is 84.5 Å². The smallest absolute Gasteiger partial charge is 0.410 e. The molecule has 4 heterocycles. The molecule has 7 atom stereocenters. The molecule has 2 aromatic carbocycles. The summed E-state index contributed by atoms with van der Waals surface area (Å²) < 4.78 is 44.5. The Morgan fingerprint density at radius 2 is 1.79 bits per heavy atom. The van der Waals surface area contributed by atoms with Crippen LogP contribution in [0.5, 0.6) is 23.0 Å². The largest absolute Gasteiger partial charge is 0.492 e. The quantitative estimate of drug-likeness (QED) is 0.0493. The molecule has 2 aromatic rings. The van der Waals surface area contributed by atoms with E-state index in [0.717, 1.165) is 87.0 Å². The lowest BCUT2D eigenvalue weighted by Gasteiger charge is -2.60. The lowest BCUT2D eigenvalue weighted by Crippen LogP contribution is -2.70. The van der Waals surface area contributed by atoms with E-state index in [2.05, 4.69) is 30.2 Å². The zero-order chi connectivity index (χ0) is 43.6. The molecule has 8 rings (SSSR count). The maximum absolute atomic E-state index is 14.8. The molecule has 4 aliphatic heterocycles. The molecule has 3 fully saturated rings. The topological polar surface area (TPSA) is 150 Å². The van der Waals surface area contributed by atoms with Gasteiger partial charge in [-0.3, -0.25) is 9.80 Å². The van der Waals surface area contributed by atoms with Crippen LogP contribution in [0.1, 0.15) is 87.7 Å². The highest BCUT2D eigenvalue weighted by atomic mass is 16.8. The Morgan fingerprint density at radius 3 is 2.57 bits per heavy atom. The Labute approximate surface area is 371 Å². The van der Waals surface area contributed by atoms with Gasteiger partial charge in [0.05, 0.1) is 31.5 Å². The number of nitrogens with zero attached hydrogens (tertiary/aromatic N) is 3. The van der Waals surface area contributed by atoms with E-state index in [4.69, 9.17) is 43.2 Å². The fraction of sp³-hybridized carbons (Fsp3) is 0.592. The van der Waals surface area contributed by atoms with Gasteiger partial charge in [0.25, 0.3) is 0 Å². The lowest BCUT2D eigenvalue weighted by atomic mass is 9.55. The SMILES string of the molecule is C=CCCOC(=O)N(Cc1ccc2c(c1)OCO2)[C@H]1CC(=NOC2CCCCO2)C2=C[C@H](CCCCO)[C@@H](CCCCO)[C@@H]3c4cc(OCCN5CC5)ccc4O[C@@]1(OCC=C)[C@H]23. The number of aliphatic hydroxyl groups excluding tert-OH is 2. The van der Waals surface area contributed by atoms with Crippen molar-refractivity contribution in [1.82, 2.24) is 9.80 Å². The minimum atomic E-state index is -1.46. The molecular formula is C49H65N3O11. The van der Waals surface area contributed by atoms with E-state index in [-0.39, 0.29) is 63.9 Å². The molecule has 2 saturated heterocycles. The number of benzene rings is 2. The minimum absolute atomic E-state index is 0.0654. The fourth-order valence-corrected chi connectivity index (χ4v) is 10.1. The van der Waals surface area contributed by atoms with Gasteiger partial charge in [-0.1, -0.05) is 42.3 Å². The van der Waals surface area contributed by atoms with Gasteiger partial charge in [0.1, 0.15) is 24.1 Å². The molecule has 0 bridgehead atoms. The summed E-state index contributed by atoms with van der Waals surface area (Å²) in [5.74, 6) is 0.659. The van der Waals surface area contributed by atoms with Crippen LogP contribution in [-0.2, 0) is 25.6 Å². The second-order valence-corrected chi connectivity index (χ2v) is 17.4. The van der Waals surface area contributed by atoms with E-state index >= 15 is 0 Å². The number of rotatable bonds is 23. The van der Waals surface area contributed by atoms with Gasteiger partial charge in [-0.05, 0) is 98.2 Å². The van der Waals surface area contributed by atoms with E-state index < -0.39 is 30.1 Å². The van der Waals surface area contributed by atoms with Crippen LogP contribution in [0, 0.1) is 17.8 Å². The second-order valence-electron chi connectivity index (χ2n) is 17.4. The van der Waals surface area contributed by atoms with Crippen molar-refractivity contribution in [3.8, 4) is 23.0 Å². The van der Waals surface area contributed by atoms with Crippen molar-refractivity contribution < 1.29 is 53.0 Å². The zero-order valence-corrected chi connectivity index (χ0v) is 36.5. The van der Waals surface area contributed by atoms with Crippen LogP contribution >= 0.6 is 0 Å². The first-order valence-corrected chi connectivity index (χ1v) is 23.1. The van der Waals surface area contributed by atoms with E-state index in [1.165, 1.54) is 0 Å². The standard InChI is InChI=1S/C49H65N3O11/c1-3-5-25-58-48(55)52(32-34-15-17-42-43(28-34)60-33-59-42)44-31-40(50-63-45-14-8-11-26-57-45)38-29-35(12-6-9-22-53)37(13-7-10-23-54)46-39-30-36(56-27-21-51-19-20-51)16-18-41(39)62-49(44,47(38)46)61-24-4-2/h3-4,15-18,28-30,35,37,44-47,53-54H,1-2,5-14,19-27,31-33H2/t35-,37+,44-,45?,46+,47+,49+/m0/s1. The van der Waals surface area contributed by atoms with Crippen molar-refractivity contribution in [2.75, 3.05) is 66.1 Å². The van der Waals surface area contributed by atoms with Gasteiger partial charge in [0, 0.05) is 63.7 Å². The maximum Gasteiger partial charge on any atom is 0.410 e. The average molecular weight is 872 g/mol. The first-order chi connectivity index (χ1) is 31.0. The molecule has 14 heteroatoms. The molecule has 2 N–H and O–H groups in total. The number of hydrogen-bond acceptors (Lipinski definition) is 13. The Morgan fingerprint density at radius 1 is 0.968 bits per heavy atom. The summed E-state index contributed by atoms with van der Waals surface area (Å²) in [6.07, 6.45) is 12.8. The number of oxime groups is 1. The van der Waals surface area contributed by atoms with Gasteiger partial charge in [-0.15, -0.1) is 13.2 Å². The monoisotopic (exact) mass is 871 g/mol. The molecule has 14 nitrogen and oxygen atoms in total. The molecule has 342 valence electrons. The van der Waals surface area contributed by atoms with Crippen molar-refractivity contribution in [2.24, 2.45) is 22.9 Å². The highest BCUT2D eigenvalue weighted by Crippen LogP contribution is 2.62. The summed E-state index contributed by atoms with van der Waals surface area (Å²) in [5, 5.41) is 24.9. The predicted molar refractivity (Wildman–Crippen MR) is 236 cm³/mol. The van der Waals surface area contributed by atoms with Crippen molar-refractivity contribution in [1.29, 1.82) is 0 Å². The minimum Gasteiger partial charge on any atom is -0.492 e. The summed E-state index contributed by atoms with van der Waals surface area (Å²) in [6, 6.07) is 11.0. The molecule has 0 radical (unpaired) electrons. The molecule has 6 aliphatic rings. The third-order valence-electron chi connectivity index (χ3n) is 13.2. The number of ether oxygens (including phenoxy) is 7. The molecule has 1 amide bonds. The number of hydrogen-bond donors (Lipinski definition) is 2. The third-order valence-corrected chi connectivity index (χ3v) is 13.2. The van der Waals surface area contributed by atoms with Gasteiger partial charge in [-0.2, -0.15) is 0 Å². The Kier molecular flexibility index (Phi) is 15.3. The number of allylic oxidation sites excluding steroid dienone is 1. The van der Waals surface area contributed by atoms with E-state index in [1.807, 2.05) is 30.3 Å². The number of carbonyl (C=O) groups is 1. The molecule has 1 unspecified atom stereocenters. The summed E-state index contributed by atoms with van der Waals surface area (Å²) in [7, 11) is 0. The fourth-order valence-electron chi connectivity index (χ4n) is 10.1. The highest BCUT2D eigenvalue weighted by Gasteiger charge is 2.66. The Balaban J connectivity index is 1.30. The number of fused-ring (bicyclic) bond motifs is 3. The van der Waals surface area contributed by atoms with E-state index in [1.54, 1.807) is 17.1 Å². The van der Waals surface area contributed by atoms with Crippen LogP contribution < -0.4 is 18.9 Å². The molecule has 1 saturated carbocycles. The molecule has 63 heavy (non-hydrogen) atoms. The normalized spacial score (nSPS) is 27.3. The van der Waals surface area contributed by atoms with Gasteiger partial charge < -0.3 is 48.2 Å². The van der Waals surface area contributed by atoms with Crippen LogP contribution in [0.4, 0.5) is 4.79 Å². The first-order valence-electron chi connectivity index (χ1n) is 23.1. The van der Waals surface area contributed by atoms with Crippen LogP contribution in [0.2, 0.25) is 0 Å². The van der Waals surface area contributed by atoms with Gasteiger partial charge in [0.15, 0.2) is 11.5 Å². The van der Waals surface area contributed by atoms with Gasteiger partial charge in [-0.25, -0.2) is 4.79 Å². The molecular weight excluding hydrogens is 807 g/mol. The maximum atomic E-state index is 14.8.